The van der Waals surface area contributed by atoms with Crippen LogP contribution in [0.15, 0.2) is 18.2 Å². The Balaban J connectivity index is 2.59. The molecule has 0 aromatic heterocycles. The van der Waals surface area contributed by atoms with Gasteiger partial charge in [-0.1, -0.05) is 13.0 Å². The fraction of sp³-hybridized carbons (Fsp3) is 0.467. The van der Waals surface area contributed by atoms with Crippen molar-refractivity contribution in [2.75, 3.05) is 20.3 Å². The minimum Gasteiger partial charge on any atom is -0.493 e. The van der Waals surface area contributed by atoms with Crippen LogP contribution in [0, 0.1) is 12.3 Å². The van der Waals surface area contributed by atoms with Crippen LogP contribution in [0.3, 0.4) is 0 Å². The smallest absolute Gasteiger partial charge is 0.161 e. The van der Waals surface area contributed by atoms with Crippen LogP contribution in [0.25, 0.3) is 0 Å². The van der Waals surface area contributed by atoms with E-state index in [9.17, 15) is 0 Å². The van der Waals surface area contributed by atoms with Crippen LogP contribution >= 0.6 is 0 Å². The summed E-state index contributed by atoms with van der Waals surface area (Å²) < 4.78 is 11.0. The molecule has 0 aliphatic carbocycles. The Kier molecular flexibility index (Phi) is 6.75. The van der Waals surface area contributed by atoms with Gasteiger partial charge in [-0.05, 0) is 30.7 Å². The second-order valence-electron chi connectivity index (χ2n) is 3.92. The Bertz CT molecular complexity index is 396. The molecule has 0 aliphatic heterocycles. The van der Waals surface area contributed by atoms with Crippen LogP contribution in [0.4, 0.5) is 0 Å². The molecule has 18 heavy (non-hydrogen) atoms. The lowest BCUT2D eigenvalue weighted by Gasteiger charge is -2.12. The second kappa shape index (κ2) is 8.43. The molecule has 1 aromatic rings. The van der Waals surface area contributed by atoms with Crippen molar-refractivity contribution in [3.8, 4) is 23.8 Å². The number of unbranched alkanes of at least 4 members (excludes halogenated alkanes) is 1. The second-order valence-corrected chi connectivity index (χ2v) is 3.92. The molecule has 0 radical (unpaired) electrons. The maximum absolute atomic E-state index is 5.65. The minimum atomic E-state index is 0.618. The van der Waals surface area contributed by atoms with Gasteiger partial charge in [0.25, 0.3) is 0 Å². The molecule has 0 amide bonds. The number of ether oxygens (including phenoxy) is 2. The average molecular weight is 247 g/mol. The highest BCUT2D eigenvalue weighted by atomic mass is 16.5. The van der Waals surface area contributed by atoms with E-state index < -0.39 is 0 Å². The van der Waals surface area contributed by atoms with Crippen molar-refractivity contribution < 1.29 is 9.47 Å². The van der Waals surface area contributed by atoms with Gasteiger partial charge in [0.05, 0.1) is 13.7 Å². The number of nitrogens with one attached hydrogen (secondary N) is 1. The Hall–Kier alpha value is -1.66. The van der Waals surface area contributed by atoms with Crippen LogP contribution in [-0.2, 0) is 6.54 Å². The SMILES string of the molecule is C#CCCCOc1ccc(CNCC)cc1OC. The highest BCUT2D eigenvalue weighted by Crippen LogP contribution is 2.28. The summed E-state index contributed by atoms with van der Waals surface area (Å²) in [7, 11) is 1.65. The summed E-state index contributed by atoms with van der Waals surface area (Å²) in [5.41, 5.74) is 1.18. The molecule has 1 aromatic carbocycles. The first-order valence-electron chi connectivity index (χ1n) is 6.25. The molecule has 0 fully saturated rings. The largest absolute Gasteiger partial charge is 0.493 e. The third kappa shape index (κ3) is 4.68. The lowest BCUT2D eigenvalue weighted by molar-refractivity contribution is 0.290. The average Bonchev–Trinajstić information content (AvgIpc) is 2.42. The topological polar surface area (TPSA) is 30.5 Å². The highest BCUT2D eigenvalue weighted by Gasteiger charge is 2.05. The molecular formula is C15H21NO2. The van der Waals surface area contributed by atoms with E-state index in [1.54, 1.807) is 7.11 Å². The maximum atomic E-state index is 5.65. The zero-order valence-corrected chi connectivity index (χ0v) is 11.2. The van der Waals surface area contributed by atoms with E-state index in [1.165, 1.54) is 5.56 Å². The number of rotatable bonds is 8. The van der Waals surface area contributed by atoms with E-state index in [1.807, 2.05) is 18.2 Å². The fourth-order valence-corrected chi connectivity index (χ4v) is 1.57. The molecule has 0 aliphatic rings. The lowest BCUT2D eigenvalue weighted by atomic mass is 10.2. The zero-order chi connectivity index (χ0) is 13.2. The summed E-state index contributed by atoms with van der Waals surface area (Å²) in [5, 5.41) is 3.28. The molecule has 1 N–H and O–H groups in total. The summed E-state index contributed by atoms with van der Waals surface area (Å²) in [6.07, 6.45) is 6.79. The molecule has 0 saturated heterocycles. The first-order valence-corrected chi connectivity index (χ1v) is 6.25. The van der Waals surface area contributed by atoms with Crippen molar-refractivity contribution in [2.24, 2.45) is 0 Å². The molecule has 0 bridgehead atoms. The van der Waals surface area contributed by atoms with E-state index in [0.717, 1.165) is 37.4 Å². The van der Waals surface area contributed by atoms with Crippen molar-refractivity contribution >= 4 is 0 Å². The van der Waals surface area contributed by atoms with Crippen molar-refractivity contribution in [3.63, 3.8) is 0 Å². The van der Waals surface area contributed by atoms with Crippen molar-refractivity contribution in [1.82, 2.24) is 5.32 Å². The van der Waals surface area contributed by atoms with Crippen LogP contribution in [0.5, 0.6) is 11.5 Å². The quantitative estimate of drug-likeness (QED) is 0.566. The summed E-state index contributed by atoms with van der Waals surface area (Å²) in [4.78, 5) is 0. The number of methoxy groups -OCH3 is 1. The van der Waals surface area contributed by atoms with Gasteiger partial charge in [0.15, 0.2) is 11.5 Å². The van der Waals surface area contributed by atoms with Crippen LogP contribution in [-0.4, -0.2) is 20.3 Å². The zero-order valence-electron chi connectivity index (χ0n) is 11.2. The number of hydrogen-bond donors (Lipinski definition) is 1. The number of benzene rings is 1. The lowest BCUT2D eigenvalue weighted by Crippen LogP contribution is -2.11. The predicted octanol–water partition coefficient (Wildman–Crippen LogP) is 2.60. The molecule has 0 spiro atoms. The molecule has 0 atom stereocenters. The summed E-state index contributed by atoms with van der Waals surface area (Å²) in [6.45, 7) is 4.49. The Labute approximate surface area is 109 Å². The van der Waals surface area contributed by atoms with Gasteiger partial charge < -0.3 is 14.8 Å². The molecular weight excluding hydrogens is 226 g/mol. The molecule has 3 nitrogen and oxygen atoms in total. The van der Waals surface area contributed by atoms with Crippen LogP contribution < -0.4 is 14.8 Å². The normalized spacial score (nSPS) is 9.83. The van der Waals surface area contributed by atoms with Gasteiger partial charge in [-0.2, -0.15) is 0 Å². The summed E-state index contributed by atoms with van der Waals surface area (Å²) >= 11 is 0. The molecule has 3 heteroatoms. The Morgan fingerprint density at radius 1 is 1.33 bits per heavy atom. The summed E-state index contributed by atoms with van der Waals surface area (Å²) in [6, 6.07) is 5.99. The Morgan fingerprint density at radius 2 is 2.17 bits per heavy atom. The monoisotopic (exact) mass is 247 g/mol. The summed E-state index contributed by atoms with van der Waals surface area (Å²) in [5.74, 6) is 4.14. The highest BCUT2D eigenvalue weighted by molar-refractivity contribution is 5.42. The van der Waals surface area contributed by atoms with Crippen molar-refractivity contribution in [1.29, 1.82) is 0 Å². The molecule has 0 heterocycles. The van der Waals surface area contributed by atoms with Gasteiger partial charge in [-0.15, -0.1) is 12.3 Å². The van der Waals surface area contributed by atoms with Gasteiger partial charge in [0.1, 0.15) is 0 Å². The molecule has 0 saturated carbocycles. The number of hydrogen-bond acceptors (Lipinski definition) is 3. The first kappa shape index (κ1) is 14.4. The van der Waals surface area contributed by atoms with E-state index >= 15 is 0 Å². The van der Waals surface area contributed by atoms with Crippen LogP contribution in [0.2, 0.25) is 0 Å². The standard InChI is InChI=1S/C15H21NO2/c1-4-6-7-10-18-14-9-8-13(12-16-5-2)11-15(14)17-3/h1,8-9,11,16H,5-7,10,12H2,2-3H3. The van der Waals surface area contributed by atoms with Gasteiger partial charge in [-0.25, -0.2) is 0 Å². The van der Waals surface area contributed by atoms with Gasteiger partial charge in [0, 0.05) is 13.0 Å². The molecule has 0 unspecified atom stereocenters. The first-order chi connectivity index (χ1) is 8.81. The van der Waals surface area contributed by atoms with Crippen molar-refractivity contribution in [3.05, 3.63) is 23.8 Å². The van der Waals surface area contributed by atoms with E-state index in [4.69, 9.17) is 15.9 Å². The third-order valence-electron chi connectivity index (χ3n) is 2.53. The van der Waals surface area contributed by atoms with E-state index in [2.05, 4.69) is 18.2 Å². The molecule has 98 valence electrons. The van der Waals surface area contributed by atoms with E-state index in [-0.39, 0.29) is 0 Å². The van der Waals surface area contributed by atoms with Crippen LogP contribution in [0.1, 0.15) is 25.3 Å². The van der Waals surface area contributed by atoms with E-state index in [0.29, 0.717) is 6.61 Å². The third-order valence-corrected chi connectivity index (χ3v) is 2.53. The predicted molar refractivity (Wildman–Crippen MR) is 73.9 cm³/mol. The van der Waals surface area contributed by atoms with Gasteiger partial charge in [-0.3, -0.25) is 0 Å². The van der Waals surface area contributed by atoms with Gasteiger partial charge in [0.2, 0.25) is 0 Å². The van der Waals surface area contributed by atoms with Crippen molar-refractivity contribution in [2.45, 2.75) is 26.3 Å². The fourth-order valence-electron chi connectivity index (χ4n) is 1.57. The number of terminal acetylenes is 1. The maximum Gasteiger partial charge on any atom is 0.161 e. The minimum absolute atomic E-state index is 0.618. The van der Waals surface area contributed by atoms with Gasteiger partial charge >= 0.3 is 0 Å². The molecule has 1 rings (SSSR count). The Morgan fingerprint density at radius 3 is 2.83 bits per heavy atom.